The van der Waals surface area contributed by atoms with Crippen LogP contribution in [0.2, 0.25) is 0 Å². The number of hydrogen-bond donors (Lipinski definition) is 0. The zero-order valence-electron chi connectivity index (χ0n) is 17.1. The highest BCUT2D eigenvalue weighted by molar-refractivity contribution is 6.75. The highest BCUT2D eigenvalue weighted by Crippen LogP contribution is 2.44. The average molecular weight is 391 g/mol. The van der Waals surface area contributed by atoms with Crippen LogP contribution in [0, 0.1) is 0 Å². The summed E-state index contributed by atoms with van der Waals surface area (Å²) in [6, 6.07) is 27.5. The second-order valence-corrected chi connectivity index (χ2v) is 7.98. The topological polar surface area (TPSA) is 22.9 Å². The van der Waals surface area contributed by atoms with Crippen molar-refractivity contribution in [2.24, 2.45) is 0 Å². The molecule has 30 heavy (non-hydrogen) atoms. The van der Waals surface area contributed by atoms with Crippen LogP contribution in [0.4, 0.5) is 17.1 Å². The van der Waals surface area contributed by atoms with Gasteiger partial charge in [-0.3, -0.25) is 0 Å². The summed E-state index contributed by atoms with van der Waals surface area (Å²) in [6.45, 7) is 2.32. The molecule has 4 nitrogen and oxygen atoms in total. The highest BCUT2D eigenvalue weighted by Gasteiger charge is 2.41. The number of rotatable bonds is 2. The van der Waals surface area contributed by atoms with Crippen LogP contribution in [-0.4, -0.2) is 25.0 Å². The quantitative estimate of drug-likeness (QED) is 0.483. The van der Waals surface area contributed by atoms with E-state index in [4.69, 9.17) is 4.42 Å². The maximum atomic E-state index is 6.21. The summed E-state index contributed by atoms with van der Waals surface area (Å²) in [5.41, 5.74) is 5.54. The predicted molar refractivity (Wildman–Crippen MR) is 125 cm³/mol. The molecule has 0 N–H and O–H groups in total. The third kappa shape index (κ3) is 2.41. The van der Waals surface area contributed by atoms with E-state index in [0.29, 0.717) is 0 Å². The zero-order chi connectivity index (χ0) is 20.2. The van der Waals surface area contributed by atoms with Gasteiger partial charge in [0.25, 0.3) is 0 Å². The molecule has 4 aromatic rings. The largest absolute Gasteiger partial charge is 0.457 e. The molecule has 0 spiro atoms. The van der Waals surface area contributed by atoms with E-state index in [1.807, 2.05) is 12.1 Å². The summed E-state index contributed by atoms with van der Waals surface area (Å²) in [7, 11) is 2.15. The molecule has 3 heterocycles. The predicted octanol–water partition coefficient (Wildman–Crippen LogP) is 3.93. The van der Waals surface area contributed by atoms with Crippen molar-refractivity contribution < 1.29 is 4.42 Å². The van der Waals surface area contributed by atoms with E-state index in [-0.39, 0.29) is 13.1 Å². The van der Waals surface area contributed by atoms with Crippen LogP contribution in [-0.2, 0) is 0 Å². The maximum absolute atomic E-state index is 6.21. The number of fused-ring (bicyclic) bond motifs is 4. The number of anilines is 3. The average Bonchev–Trinajstić information content (AvgIpc) is 3.28. The Kier molecular flexibility index (Phi) is 3.72. The van der Waals surface area contributed by atoms with Gasteiger partial charge in [0.15, 0.2) is 0 Å². The first kappa shape index (κ1) is 17.3. The SMILES string of the molecule is C[C@@H]1N(B2C=c3oc4ccccc4c3=CN2C)c2ccccc2N1c1ccccc1. The van der Waals surface area contributed by atoms with Gasteiger partial charge in [-0.2, -0.15) is 0 Å². The molecule has 0 fully saturated rings. The smallest absolute Gasteiger partial charge is 0.408 e. The van der Waals surface area contributed by atoms with Crippen LogP contribution in [0.15, 0.2) is 83.3 Å². The lowest BCUT2D eigenvalue weighted by atomic mass is 9.69. The number of nitrogens with zero attached hydrogens (tertiary/aromatic N) is 3. The fourth-order valence-electron chi connectivity index (χ4n) is 4.87. The van der Waals surface area contributed by atoms with Crippen molar-refractivity contribution >= 4 is 47.2 Å². The Hall–Kier alpha value is -3.60. The molecule has 0 saturated heterocycles. The highest BCUT2D eigenvalue weighted by atomic mass is 16.3. The lowest BCUT2D eigenvalue weighted by molar-refractivity contribution is 0.571. The lowest BCUT2D eigenvalue weighted by Gasteiger charge is -2.37. The van der Waals surface area contributed by atoms with Crippen molar-refractivity contribution in [1.29, 1.82) is 0 Å². The third-order valence-electron chi connectivity index (χ3n) is 6.23. The van der Waals surface area contributed by atoms with E-state index >= 15 is 0 Å². The summed E-state index contributed by atoms with van der Waals surface area (Å²) in [5, 5.41) is 2.32. The molecular formula is C25H22BN3O. The molecule has 2 aliphatic rings. The molecule has 1 atom stereocenters. The molecule has 0 amide bonds. The first-order valence-corrected chi connectivity index (χ1v) is 10.4. The van der Waals surface area contributed by atoms with Gasteiger partial charge in [0.05, 0.1) is 17.5 Å². The molecule has 1 aromatic heterocycles. The van der Waals surface area contributed by atoms with Gasteiger partial charge in [-0.25, -0.2) is 0 Å². The van der Waals surface area contributed by atoms with Crippen molar-refractivity contribution in [3.05, 3.63) is 89.5 Å². The molecule has 0 unspecified atom stereocenters. The molecule has 3 aromatic carbocycles. The Morgan fingerprint density at radius 3 is 2.37 bits per heavy atom. The summed E-state index contributed by atoms with van der Waals surface area (Å²) < 4.78 is 6.21. The van der Waals surface area contributed by atoms with Crippen molar-refractivity contribution in [2.75, 3.05) is 16.8 Å². The molecule has 6 rings (SSSR count). The number of para-hydroxylation sites is 4. The standard InChI is InChI=1S/C25H22BN3O/c1-18-28(19-10-4-3-5-11-19)22-13-7-8-14-23(22)29(18)26-16-25-21(17-27(26)2)20-12-6-9-15-24(20)30-25/h3-18H,1-2H3/t18-/m0/s1. The Bertz CT molecular complexity index is 1360. The Morgan fingerprint density at radius 1 is 0.833 bits per heavy atom. The van der Waals surface area contributed by atoms with E-state index in [0.717, 1.165) is 21.6 Å². The Labute approximate surface area is 176 Å². The van der Waals surface area contributed by atoms with Crippen molar-refractivity contribution in [3.63, 3.8) is 0 Å². The third-order valence-corrected chi connectivity index (χ3v) is 6.23. The van der Waals surface area contributed by atoms with E-state index in [1.54, 1.807) is 0 Å². The molecule has 146 valence electrons. The van der Waals surface area contributed by atoms with E-state index in [2.05, 4.69) is 107 Å². The zero-order valence-corrected chi connectivity index (χ0v) is 17.1. The van der Waals surface area contributed by atoms with Gasteiger partial charge in [-0.05, 0) is 50.3 Å². The minimum Gasteiger partial charge on any atom is -0.457 e. The van der Waals surface area contributed by atoms with Crippen LogP contribution in [0.3, 0.4) is 0 Å². The summed E-state index contributed by atoms with van der Waals surface area (Å²) in [6.07, 6.45) is 2.37. The summed E-state index contributed by atoms with van der Waals surface area (Å²) in [4.78, 5) is 7.16. The van der Waals surface area contributed by atoms with Crippen LogP contribution >= 0.6 is 0 Å². The maximum Gasteiger partial charge on any atom is 0.408 e. The van der Waals surface area contributed by atoms with Gasteiger partial charge in [-0.1, -0.05) is 48.5 Å². The van der Waals surface area contributed by atoms with Gasteiger partial charge in [0.1, 0.15) is 11.0 Å². The van der Waals surface area contributed by atoms with E-state index in [1.165, 1.54) is 17.1 Å². The van der Waals surface area contributed by atoms with Crippen LogP contribution < -0.4 is 20.3 Å². The van der Waals surface area contributed by atoms with Gasteiger partial charge >= 0.3 is 6.98 Å². The van der Waals surface area contributed by atoms with Gasteiger partial charge in [-0.15, -0.1) is 0 Å². The molecule has 0 bridgehead atoms. The Balaban J connectivity index is 1.51. The fourth-order valence-corrected chi connectivity index (χ4v) is 4.87. The molecule has 2 aliphatic heterocycles. The Morgan fingerprint density at radius 2 is 1.53 bits per heavy atom. The van der Waals surface area contributed by atoms with Crippen molar-refractivity contribution in [2.45, 2.75) is 13.1 Å². The van der Waals surface area contributed by atoms with Crippen molar-refractivity contribution in [1.82, 2.24) is 4.81 Å². The lowest BCUT2D eigenvalue weighted by Crippen LogP contribution is -2.56. The van der Waals surface area contributed by atoms with E-state index in [9.17, 15) is 0 Å². The molecular weight excluding hydrogens is 369 g/mol. The molecule has 5 heteroatoms. The number of benzene rings is 3. The van der Waals surface area contributed by atoms with E-state index < -0.39 is 0 Å². The van der Waals surface area contributed by atoms with Crippen molar-refractivity contribution in [3.8, 4) is 0 Å². The molecule has 0 saturated carbocycles. The normalized spacial score (nSPS) is 17.6. The summed E-state index contributed by atoms with van der Waals surface area (Å²) in [5.74, 6) is 2.25. The molecule has 0 aliphatic carbocycles. The first-order chi connectivity index (χ1) is 14.7. The van der Waals surface area contributed by atoms with Gasteiger partial charge in [0, 0.05) is 22.5 Å². The van der Waals surface area contributed by atoms with Crippen LogP contribution in [0.25, 0.3) is 23.1 Å². The van der Waals surface area contributed by atoms with Crippen LogP contribution in [0.1, 0.15) is 6.92 Å². The number of furan rings is 1. The second-order valence-electron chi connectivity index (χ2n) is 7.98. The fraction of sp³-hybridized carbons (Fsp3) is 0.120. The van der Waals surface area contributed by atoms with Gasteiger partial charge in [0.2, 0.25) is 0 Å². The first-order valence-electron chi connectivity index (χ1n) is 10.4. The van der Waals surface area contributed by atoms with Crippen LogP contribution in [0.5, 0.6) is 0 Å². The minimum atomic E-state index is 0.0583. The molecule has 0 radical (unpaired) electrons. The monoisotopic (exact) mass is 391 g/mol. The summed E-state index contributed by atoms with van der Waals surface area (Å²) >= 11 is 0. The second kappa shape index (κ2) is 6.46. The number of hydrogen-bond acceptors (Lipinski definition) is 4. The minimum absolute atomic E-state index is 0.0583. The van der Waals surface area contributed by atoms with Gasteiger partial charge < -0.3 is 18.9 Å².